The van der Waals surface area contributed by atoms with E-state index in [1.54, 1.807) is 0 Å². The van der Waals surface area contributed by atoms with Crippen molar-refractivity contribution >= 4 is 0 Å². The highest BCUT2D eigenvalue weighted by molar-refractivity contribution is 5.42. The van der Waals surface area contributed by atoms with Gasteiger partial charge in [-0.15, -0.1) is 0 Å². The van der Waals surface area contributed by atoms with Gasteiger partial charge in [0.05, 0.1) is 12.7 Å². The SMILES string of the molecule is COc1c(F)cc(F)cc1C1(O)CC1. The number of halogens is 2. The summed E-state index contributed by atoms with van der Waals surface area (Å²) in [7, 11) is 1.30. The average molecular weight is 200 g/mol. The molecule has 0 heterocycles. The Morgan fingerprint density at radius 3 is 2.50 bits per heavy atom. The summed E-state index contributed by atoms with van der Waals surface area (Å²) in [6, 6.07) is 1.86. The maximum absolute atomic E-state index is 13.2. The minimum Gasteiger partial charge on any atom is -0.493 e. The predicted octanol–water partition coefficient (Wildman–Crippen LogP) is 1.95. The van der Waals surface area contributed by atoms with Crippen molar-refractivity contribution < 1.29 is 18.6 Å². The molecule has 2 nitrogen and oxygen atoms in total. The molecule has 0 unspecified atom stereocenters. The predicted molar refractivity (Wildman–Crippen MR) is 46.0 cm³/mol. The average Bonchev–Trinajstić information content (AvgIpc) is 2.84. The van der Waals surface area contributed by atoms with Crippen LogP contribution in [-0.4, -0.2) is 12.2 Å². The largest absolute Gasteiger partial charge is 0.493 e. The van der Waals surface area contributed by atoms with Gasteiger partial charge in [0.15, 0.2) is 11.6 Å². The lowest BCUT2D eigenvalue weighted by Crippen LogP contribution is -2.08. The normalized spacial score (nSPS) is 18.0. The van der Waals surface area contributed by atoms with Gasteiger partial charge in [-0.1, -0.05) is 0 Å². The number of aliphatic hydroxyl groups is 1. The zero-order valence-electron chi connectivity index (χ0n) is 7.68. The summed E-state index contributed by atoms with van der Waals surface area (Å²) in [4.78, 5) is 0. The van der Waals surface area contributed by atoms with Crippen LogP contribution < -0.4 is 4.74 Å². The Morgan fingerprint density at radius 1 is 1.36 bits per heavy atom. The highest BCUT2D eigenvalue weighted by Gasteiger charge is 2.45. The molecule has 0 atom stereocenters. The van der Waals surface area contributed by atoms with E-state index in [9.17, 15) is 13.9 Å². The first-order valence-corrected chi connectivity index (χ1v) is 4.33. The Morgan fingerprint density at radius 2 is 2.00 bits per heavy atom. The molecule has 4 heteroatoms. The molecule has 1 aromatic carbocycles. The topological polar surface area (TPSA) is 29.5 Å². The molecule has 0 aromatic heterocycles. The number of hydrogen-bond acceptors (Lipinski definition) is 2. The standard InChI is InChI=1S/C10H10F2O2/c1-14-9-7(10(13)2-3-10)4-6(11)5-8(9)12/h4-5,13H,2-3H2,1H3. The fourth-order valence-corrected chi connectivity index (χ4v) is 1.50. The molecule has 2 rings (SSSR count). The van der Waals surface area contributed by atoms with Crippen molar-refractivity contribution in [2.45, 2.75) is 18.4 Å². The second-order valence-corrected chi connectivity index (χ2v) is 3.50. The van der Waals surface area contributed by atoms with E-state index < -0.39 is 17.2 Å². The summed E-state index contributed by atoms with van der Waals surface area (Å²) in [6.07, 6.45) is 1.04. The van der Waals surface area contributed by atoms with E-state index >= 15 is 0 Å². The Bertz CT molecular complexity index is 373. The quantitative estimate of drug-likeness (QED) is 0.790. The lowest BCUT2D eigenvalue weighted by molar-refractivity contribution is 0.146. The number of methoxy groups -OCH3 is 1. The Labute approximate surface area is 80.1 Å². The monoisotopic (exact) mass is 200 g/mol. The molecule has 1 aliphatic carbocycles. The second kappa shape index (κ2) is 2.92. The molecule has 0 spiro atoms. The molecule has 76 valence electrons. The molecule has 0 saturated heterocycles. The number of benzene rings is 1. The molecule has 0 aliphatic heterocycles. The summed E-state index contributed by atoms with van der Waals surface area (Å²) in [5.74, 6) is -1.53. The van der Waals surface area contributed by atoms with Crippen LogP contribution in [0.25, 0.3) is 0 Å². The molecule has 14 heavy (non-hydrogen) atoms. The van der Waals surface area contributed by atoms with Gasteiger partial charge in [-0.3, -0.25) is 0 Å². The summed E-state index contributed by atoms with van der Waals surface area (Å²) in [6.45, 7) is 0. The lowest BCUT2D eigenvalue weighted by atomic mass is 10.1. The maximum Gasteiger partial charge on any atom is 0.168 e. The van der Waals surface area contributed by atoms with E-state index in [2.05, 4.69) is 0 Å². The molecular weight excluding hydrogens is 190 g/mol. The Balaban J connectivity index is 2.56. The number of rotatable bonds is 2. The van der Waals surface area contributed by atoms with Crippen LogP contribution in [0.3, 0.4) is 0 Å². The molecule has 1 saturated carbocycles. The molecular formula is C10H10F2O2. The van der Waals surface area contributed by atoms with E-state index in [0.29, 0.717) is 12.8 Å². The van der Waals surface area contributed by atoms with Crippen LogP contribution in [0, 0.1) is 11.6 Å². The van der Waals surface area contributed by atoms with Crippen molar-refractivity contribution in [3.05, 3.63) is 29.3 Å². The zero-order chi connectivity index (χ0) is 10.3. The summed E-state index contributed by atoms with van der Waals surface area (Å²) in [5.41, 5.74) is -0.883. The number of hydrogen-bond donors (Lipinski definition) is 1. The van der Waals surface area contributed by atoms with E-state index in [1.807, 2.05) is 0 Å². The van der Waals surface area contributed by atoms with E-state index in [1.165, 1.54) is 7.11 Å². The van der Waals surface area contributed by atoms with Gasteiger partial charge in [0.25, 0.3) is 0 Å². The van der Waals surface area contributed by atoms with Crippen molar-refractivity contribution in [1.82, 2.24) is 0 Å². The molecule has 0 amide bonds. The van der Waals surface area contributed by atoms with Crippen molar-refractivity contribution in [2.24, 2.45) is 0 Å². The van der Waals surface area contributed by atoms with Crippen molar-refractivity contribution in [1.29, 1.82) is 0 Å². The van der Waals surface area contributed by atoms with Gasteiger partial charge in [0.1, 0.15) is 5.82 Å². The smallest absolute Gasteiger partial charge is 0.168 e. The summed E-state index contributed by atoms with van der Waals surface area (Å²) in [5, 5.41) is 9.75. The van der Waals surface area contributed by atoms with Gasteiger partial charge in [0.2, 0.25) is 0 Å². The molecule has 0 bridgehead atoms. The van der Waals surface area contributed by atoms with Crippen LogP contribution in [-0.2, 0) is 5.60 Å². The first kappa shape index (κ1) is 9.40. The Kier molecular flexibility index (Phi) is 1.96. The highest BCUT2D eigenvalue weighted by atomic mass is 19.1. The van der Waals surface area contributed by atoms with Crippen LogP contribution in [0.5, 0.6) is 5.75 Å². The van der Waals surface area contributed by atoms with Gasteiger partial charge in [-0.2, -0.15) is 0 Å². The second-order valence-electron chi connectivity index (χ2n) is 3.50. The van der Waals surface area contributed by atoms with Gasteiger partial charge < -0.3 is 9.84 Å². The van der Waals surface area contributed by atoms with Crippen LogP contribution in [0.1, 0.15) is 18.4 Å². The fraction of sp³-hybridized carbons (Fsp3) is 0.400. The first-order chi connectivity index (χ1) is 6.57. The Hall–Kier alpha value is -1.16. The van der Waals surface area contributed by atoms with Crippen LogP contribution in [0.4, 0.5) is 8.78 Å². The van der Waals surface area contributed by atoms with Crippen molar-refractivity contribution in [2.75, 3.05) is 7.11 Å². The van der Waals surface area contributed by atoms with Crippen molar-refractivity contribution in [3.8, 4) is 5.75 Å². The molecule has 1 aliphatic rings. The third-order valence-corrected chi connectivity index (χ3v) is 2.44. The van der Waals surface area contributed by atoms with Crippen LogP contribution in [0.15, 0.2) is 12.1 Å². The van der Waals surface area contributed by atoms with Crippen LogP contribution >= 0.6 is 0 Å². The third kappa shape index (κ3) is 1.35. The molecule has 1 N–H and O–H groups in total. The first-order valence-electron chi connectivity index (χ1n) is 4.33. The highest BCUT2D eigenvalue weighted by Crippen LogP contribution is 2.49. The van der Waals surface area contributed by atoms with E-state index in [0.717, 1.165) is 12.1 Å². The van der Waals surface area contributed by atoms with Gasteiger partial charge in [0, 0.05) is 11.6 Å². The zero-order valence-corrected chi connectivity index (χ0v) is 7.68. The molecule has 1 fully saturated rings. The lowest BCUT2D eigenvalue weighted by Gasteiger charge is -2.13. The van der Waals surface area contributed by atoms with E-state index in [4.69, 9.17) is 4.74 Å². The fourth-order valence-electron chi connectivity index (χ4n) is 1.50. The minimum atomic E-state index is -1.09. The van der Waals surface area contributed by atoms with Gasteiger partial charge in [-0.25, -0.2) is 8.78 Å². The maximum atomic E-state index is 13.2. The van der Waals surface area contributed by atoms with Crippen LogP contribution in [0.2, 0.25) is 0 Å². The van der Waals surface area contributed by atoms with Crippen molar-refractivity contribution in [3.63, 3.8) is 0 Å². The van der Waals surface area contributed by atoms with Gasteiger partial charge >= 0.3 is 0 Å². The summed E-state index contributed by atoms with van der Waals surface area (Å²) < 4.78 is 30.9. The molecule has 1 aromatic rings. The third-order valence-electron chi connectivity index (χ3n) is 2.44. The number of ether oxygens (including phenoxy) is 1. The van der Waals surface area contributed by atoms with Gasteiger partial charge in [-0.05, 0) is 18.9 Å². The molecule has 0 radical (unpaired) electrons. The van der Waals surface area contributed by atoms with E-state index in [-0.39, 0.29) is 11.3 Å². The summed E-state index contributed by atoms with van der Waals surface area (Å²) >= 11 is 0. The minimum absolute atomic E-state index is 0.0635.